The van der Waals surface area contributed by atoms with E-state index in [1.807, 2.05) is 6.92 Å². The van der Waals surface area contributed by atoms with Crippen LogP contribution in [0, 0.1) is 0 Å². The molecule has 0 bridgehead atoms. The van der Waals surface area contributed by atoms with Crippen LogP contribution in [0.25, 0.3) is 0 Å². The van der Waals surface area contributed by atoms with E-state index in [-0.39, 0.29) is 0 Å². The van der Waals surface area contributed by atoms with Gasteiger partial charge in [0.2, 0.25) is 0 Å². The van der Waals surface area contributed by atoms with Crippen molar-refractivity contribution >= 4 is 0 Å². The van der Waals surface area contributed by atoms with Gasteiger partial charge in [-0.3, -0.25) is 0 Å². The normalized spacial score (nSPS) is 6.75. The SMILES string of the molecule is CC(C)=C(C)[NH3+].C[O-]. The Kier molecular flexibility index (Phi) is 8.83. The van der Waals surface area contributed by atoms with Crippen LogP contribution < -0.4 is 10.8 Å². The van der Waals surface area contributed by atoms with Crippen LogP contribution in [0.5, 0.6) is 0 Å². The molecule has 2 heteroatoms. The van der Waals surface area contributed by atoms with Gasteiger partial charge in [-0.2, -0.15) is 7.11 Å². The van der Waals surface area contributed by atoms with E-state index < -0.39 is 0 Å². The maximum Gasteiger partial charge on any atom is 0.0993 e. The summed E-state index contributed by atoms with van der Waals surface area (Å²) in [6.07, 6.45) is 0. The van der Waals surface area contributed by atoms with Gasteiger partial charge in [-0.25, -0.2) is 0 Å². The van der Waals surface area contributed by atoms with E-state index in [0.717, 1.165) is 7.11 Å². The van der Waals surface area contributed by atoms with Crippen molar-refractivity contribution < 1.29 is 10.8 Å². The van der Waals surface area contributed by atoms with E-state index in [9.17, 15) is 0 Å². The van der Waals surface area contributed by atoms with E-state index >= 15 is 0 Å². The fourth-order valence-corrected chi connectivity index (χ4v) is 0. The highest BCUT2D eigenvalue weighted by Crippen LogP contribution is 1.88. The Bertz CT molecular complexity index is 58.6. The molecule has 0 aromatic heterocycles. The van der Waals surface area contributed by atoms with Gasteiger partial charge in [0.1, 0.15) is 0 Å². The molecule has 0 aliphatic carbocycles. The van der Waals surface area contributed by atoms with Crippen LogP contribution in [-0.2, 0) is 0 Å². The van der Waals surface area contributed by atoms with E-state index in [1.54, 1.807) is 0 Å². The number of hydrogen-bond acceptors (Lipinski definition) is 1. The van der Waals surface area contributed by atoms with Gasteiger partial charge in [0.25, 0.3) is 0 Å². The summed E-state index contributed by atoms with van der Waals surface area (Å²) in [6.45, 7) is 6.12. The van der Waals surface area contributed by atoms with Gasteiger partial charge in [-0.05, 0) is 19.4 Å². The van der Waals surface area contributed by atoms with Crippen LogP contribution in [-0.4, -0.2) is 7.11 Å². The fourth-order valence-electron chi connectivity index (χ4n) is 0. The average Bonchev–Trinajstić information content (AvgIpc) is 1.72. The van der Waals surface area contributed by atoms with Crippen molar-refractivity contribution in [1.29, 1.82) is 0 Å². The second kappa shape index (κ2) is 6.66. The standard InChI is InChI=1S/C5H11N.CH3O/c1-4(2)5(3)6;1-2/h6H2,1-3H3;1H3/q;-1/p+1. The third-order valence-corrected chi connectivity index (χ3v) is 0.854. The van der Waals surface area contributed by atoms with Crippen molar-refractivity contribution in [1.82, 2.24) is 0 Å². The molecule has 0 fully saturated rings. The Morgan fingerprint density at radius 2 is 1.25 bits per heavy atom. The highest BCUT2D eigenvalue weighted by molar-refractivity contribution is 4.95. The number of quaternary nitrogens is 1. The molecule has 50 valence electrons. The Labute approximate surface area is 51.0 Å². The summed E-state index contributed by atoms with van der Waals surface area (Å²) in [5.41, 5.74) is 6.21. The van der Waals surface area contributed by atoms with Crippen molar-refractivity contribution in [3.63, 3.8) is 0 Å². The van der Waals surface area contributed by atoms with Crippen LogP contribution in [0.2, 0.25) is 0 Å². The zero-order valence-corrected chi connectivity index (χ0v) is 6.12. The topological polar surface area (TPSA) is 50.7 Å². The third kappa shape index (κ3) is 9.18. The Balaban J connectivity index is 0. The Morgan fingerprint density at radius 1 is 1.12 bits per heavy atom. The molecular formula is C6H15NO. The highest BCUT2D eigenvalue weighted by Gasteiger charge is 1.81. The van der Waals surface area contributed by atoms with Gasteiger partial charge < -0.3 is 10.8 Å². The van der Waals surface area contributed by atoms with Crippen LogP contribution in [0.4, 0.5) is 0 Å². The molecule has 0 rings (SSSR count). The predicted octanol–water partition coefficient (Wildman–Crippen LogP) is -0.481. The molecule has 0 saturated heterocycles. The van der Waals surface area contributed by atoms with Gasteiger partial charge in [-0.15, -0.1) is 0 Å². The Hall–Kier alpha value is -0.340. The number of hydrogen-bond donors (Lipinski definition) is 1. The highest BCUT2D eigenvalue weighted by atomic mass is 16.2. The van der Waals surface area contributed by atoms with Crippen LogP contribution in [0.15, 0.2) is 11.3 Å². The molecule has 0 heterocycles. The van der Waals surface area contributed by atoms with Crippen LogP contribution in [0.1, 0.15) is 20.8 Å². The fraction of sp³-hybridized carbons (Fsp3) is 0.667. The van der Waals surface area contributed by atoms with Gasteiger partial charge in [-0.1, -0.05) is 0 Å². The van der Waals surface area contributed by atoms with E-state index in [4.69, 9.17) is 5.11 Å². The first-order valence-corrected chi connectivity index (χ1v) is 2.51. The molecule has 0 radical (unpaired) electrons. The predicted molar refractivity (Wildman–Crippen MR) is 32.9 cm³/mol. The molecule has 0 spiro atoms. The van der Waals surface area contributed by atoms with Crippen molar-refractivity contribution in [3.05, 3.63) is 11.3 Å². The molecule has 0 unspecified atom stereocenters. The maximum atomic E-state index is 8.25. The molecule has 8 heavy (non-hydrogen) atoms. The van der Waals surface area contributed by atoms with Gasteiger partial charge in [0.05, 0.1) is 5.70 Å². The smallest absolute Gasteiger partial charge is 0.0993 e. The number of rotatable bonds is 0. The summed E-state index contributed by atoms with van der Waals surface area (Å²) in [7, 11) is 0.750. The minimum absolute atomic E-state index is 0.750. The van der Waals surface area contributed by atoms with E-state index in [1.165, 1.54) is 11.3 Å². The zero-order chi connectivity index (χ0) is 7.15. The molecule has 0 saturated carbocycles. The second-order valence-electron chi connectivity index (χ2n) is 1.78. The maximum absolute atomic E-state index is 8.25. The van der Waals surface area contributed by atoms with Crippen LogP contribution in [0.3, 0.4) is 0 Å². The van der Waals surface area contributed by atoms with Crippen molar-refractivity contribution in [2.45, 2.75) is 20.8 Å². The first kappa shape index (κ1) is 10.6. The largest absolute Gasteiger partial charge is 0.857 e. The summed E-state index contributed by atoms with van der Waals surface area (Å²) in [4.78, 5) is 0. The summed E-state index contributed by atoms with van der Waals surface area (Å²) in [5, 5.41) is 8.25. The lowest BCUT2D eigenvalue weighted by molar-refractivity contribution is -0.325. The van der Waals surface area contributed by atoms with E-state index in [2.05, 4.69) is 19.6 Å². The van der Waals surface area contributed by atoms with Gasteiger partial charge in [0, 0.05) is 6.92 Å². The van der Waals surface area contributed by atoms with Gasteiger partial charge in [0.15, 0.2) is 0 Å². The van der Waals surface area contributed by atoms with Crippen molar-refractivity contribution in [3.8, 4) is 0 Å². The lowest BCUT2D eigenvalue weighted by Gasteiger charge is -1.83. The molecule has 0 aliphatic rings. The van der Waals surface area contributed by atoms with Gasteiger partial charge >= 0.3 is 0 Å². The molecular weight excluding hydrogens is 102 g/mol. The number of allylic oxidation sites excluding steroid dienone is 2. The summed E-state index contributed by atoms with van der Waals surface area (Å²) < 4.78 is 0. The zero-order valence-electron chi connectivity index (χ0n) is 6.12. The quantitative estimate of drug-likeness (QED) is 0.457. The molecule has 0 aliphatic heterocycles. The minimum Gasteiger partial charge on any atom is -0.857 e. The first-order valence-electron chi connectivity index (χ1n) is 2.51. The summed E-state index contributed by atoms with van der Waals surface area (Å²) >= 11 is 0. The molecule has 0 aromatic rings. The molecule has 2 nitrogen and oxygen atoms in total. The van der Waals surface area contributed by atoms with E-state index in [0.29, 0.717) is 0 Å². The Morgan fingerprint density at radius 3 is 1.25 bits per heavy atom. The molecule has 0 amide bonds. The van der Waals surface area contributed by atoms with Crippen LogP contribution >= 0.6 is 0 Å². The van der Waals surface area contributed by atoms with Crippen molar-refractivity contribution in [2.75, 3.05) is 7.11 Å². The average molecular weight is 117 g/mol. The minimum atomic E-state index is 0.750. The first-order chi connectivity index (χ1) is 3.64. The van der Waals surface area contributed by atoms with Crippen molar-refractivity contribution in [2.24, 2.45) is 0 Å². The lowest BCUT2D eigenvalue weighted by atomic mass is 10.3. The molecule has 0 aromatic carbocycles. The second-order valence-corrected chi connectivity index (χ2v) is 1.78. The molecule has 3 N–H and O–H groups in total. The lowest BCUT2D eigenvalue weighted by Crippen LogP contribution is -2.46. The monoisotopic (exact) mass is 117 g/mol. The summed E-state index contributed by atoms with van der Waals surface area (Å²) in [5.74, 6) is 0. The summed E-state index contributed by atoms with van der Waals surface area (Å²) in [6, 6.07) is 0. The molecule has 0 atom stereocenters. The third-order valence-electron chi connectivity index (χ3n) is 0.854.